The summed E-state index contributed by atoms with van der Waals surface area (Å²) in [5.74, 6) is -0.0867. The molecule has 1 fully saturated rings. The molecule has 2 aliphatic rings. The third-order valence-corrected chi connectivity index (χ3v) is 5.39. The predicted molar refractivity (Wildman–Crippen MR) is 103 cm³/mol. The number of nitrogens with two attached hydrogens (primary N) is 1. The molecule has 7 nitrogen and oxygen atoms in total. The molecule has 0 spiro atoms. The lowest BCUT2D eigenvalue weighted by atomic mass is 9.94. The van der Waals surface area contributed by atoms with Crippen molar-refractivity contribution in [3.05, 3.63) is 16.7 Å². The smallest absolute Gasteiger partial charge is 0.342 e. The Bertz CT molecular complexity index is 685. The fraction of sp³-hybridized carbons (Fsp3) is 0.632. The second-order valence-electron chi connectivity index (χ2n) is 7.04. The van der Waals surface area contributed by atoms with Gasteiger partial charge in [-0.2, -0.15) is 0 Å². The first-order valence-corrected chi connectivity index (χ1v) is 9.84. The number of hydrogen-bond donors (Lipinski definition) is 2. The van der Waals surface area contributed by atoms with Crippen molar-refractivity contribution in [1.82, 2.24) is 4.90 Å². The van der Waals surface area contributed by atoms with Crippen LogP contribution in [0.4, 0.5) is 5.69 Å². The number of nitrogens with zero attached hydrogens (tertiary/aromatic N) is 1. The number of aliphatic hydroxyl groups is 1. The van der Waals surface area contributed by atoms with Crippen molar-refractivity contribution in [2.75, 3.05) is 45.2 Å². The van der Waals surface area contributed by atoms with Crippen molar-refractivity contribution >= 4 is 23.3 Å². The van der Waals surface area contributed by atoms with E-state index in [-0.39, 0.29) is 40.3 Å². The fourth-order valence-corrected chi connectivity index (χ4v) is 3.63. The van der Waals surface area contributed by atoms with Crippen LogP contribution in [0.3, 0.4) is 0 Å². The number of piperidine rings is 1. The number of ether oxygens (including phenoxy) is 3. The maximum atomic E-state index is 12.6. The normalized spacial score (nSPS) is 22.5. The van der Waals surface area contributed by atoms with E-state index < -0.39 is 12.1 Å². The van der Waals surface area contributed by atoms with Gasteiger partial charge in [0.2, 0.25) is 0 Å². The van der Waals surface area contributed by atoms with E-state index >= 15 is 0 Å². The topological polar surface area (TPSA) is 94.3 Å². The number of esters is 1. The molecule has 0 aliphatic carbocycles. The summed E-state index contributed by atoms with van der Waals surface area (Å²) in [5.41, 5.74) is 6.34. The number of halogens is 1. The van der Waals surface area contributed by atoms with E-state index in [0.717, 1.165) is 32.4 Å². The Morgan fingerprint density at radius 3 is 2.85 bits per heavy atom. The minimum absolute atomic E-state index is 0.0796. The molecule has 1 aromatic carbocycles. The number of hydrogen-bond acceptors (Lipinski definition) is 7. The fourth-order valence-electron chi connectivity index (χ4n) is 3.43. The van der Waals surface area contributed by atoms with Gasteiger partial charge in [-0.1, -0.05) is 24.9 Å². The number of aliphatic hydroxyl groups excluding tert-OH is 1. The van der Waals surface area contributed by atoms with Crippen molar-refractivity contribution in [3.63, 3.8) is 0 Å². The first kappa shape index (κ1) is 20.0. The van der Waals surface area contributed by atoms with E-state index in [1.54, 1.807) is 0 Å². The Morgan fingerprint density at radius 1 is 1.41 bits per heavy atom. The number of carbonyl (C=O) groups is 1. The molecule has 150 valence electrons. The second-order valence-corrected chi connectivity index (χ2v) is 7.45. The Hall–Kier alpha value is -1.70. The molecule has 0 saturated carbocycles. The summed E-state index contributed by atoms with van der Waals surface area (Å²) in [6.07, 6.45) is 2.54. The van der Waals surface area contributed by atoms with Gasteiger partial charge in [-0.25, -0.2) is 4.79 Å². The van der Waals surface area contributed by atoms with Crippen molar-refractivity contribution in [3.8, 4) is 11.5 Å². The summed E-state index contributed by atoms with van der Waals surface area (Å²) in [6, 6.07) is 1.44. The SMILES string of the molecule is CCCCN1CC[C@H](COC(=O)c2cc(Cl)c(N)c3c2OCCO3)[C@@H](O)C1. The van der Waals surface area contributed by atoms with E-state index in [2.05, 4.69) is 11.8 Å². The molecule has 8 heteroatoms. The number of rotatable bonds is 6. The highest BCUT2D eigenvalue weighted by Gasteiger charge is 2.30. The standard InChI is InChI=1S/C19H27ClN2O5/c1-2-3-5-22-6-4-12(15(23)10-22)11-27-19(24)13-9-14(20)16(21)18-17(13)25-7-8-26-18/h9,12,15,23H,2-8,10-11,21H2,1H3/t12-,15+/m1/s1. The molecule has 1 aromatic rings. The van der Waals surface area contributed by atoms with Crippen LogP contribution in [-0.2, 0) is 4.74 Å². The molecule has 1 saturated heterocycles. The predicted octanol–water partition coefficient (Wildman–Crippen LogP) is 2.33. The molecule has 2 atom stereocenters. The largest absolute Gasteiger partial charge is 0.485 e. The minimum Gasteiger partial charge on any atom is -0.485 e. The number of β-amino-alcohol motifs (C(OH)–C–C–N with tert-alkyl or cyclic N) is 1. The lowest BCUT2D eigenvalue weighted by molar-refractivity contribution is -0.0149. The van der Waals surface area contributed by atoms with Gasteiger partial charge in [0.05, 0.1) is 23.4 Å². The summed E-state index contributed by atoms with van der Waals surface area (Å²) >= 11 is 6.11. The summed E-state index contributed by atoms with van der Waals surface area (Å²) in [5, 5.41) is 10.6. The highest BCUT2D eigenvalue weighted by Crippen LogP contribution is 2.43. The molecule has 3 rings (SSSR count). The summed E-state index contributed by atoms with van der Waals surface area (Å²) in [7, 11) is 0. The second kappa shape index (κ2) is 8.99. The van der Waals surface area contributed by atoms with E-state index in [4.69, 9.17) is 31.5 Å². The number of carbonyl (C=O) groups excluding carboxylic acids is 1. The molecular formula is C19H27ClN2O5. The number of nitrogen functional groups attached to an aromatic ring is 1. The summed E-state index contributed by atoms with van der Waals surface area (Å²) in [4.78, 5) is 14.8. The van der Waals surface area contributed by atoms with Crippen molar-refractivity contribution in [2.45, 2.75) is 32.3 Å². The van der Waals surface area contributed by atoms with Gasteiger partial charge >= 0.3 is 5.97 Å². The summed E-state index contributed by atoms with van der Waals surface area (Å²) in [6.45, 7) is 5.48. The zero-order chi connectivity index (χ0) is 19.4. The van der Waals surface area contributed by atoms with Crippen LogP contribution in [0.1, 0.15) is 36.5 Å². The molecule has 0 amide bonds. The van der Waals surface area contributed by atoms with Gasteiger partial charge in [0, 0.05) is 12.5 Å². The molecule has 0 bridgehead atoms. The average Bonchev–Trinajstić information content (AvgIpc) is 2.68. The number of benzene rings is 1. The highest BCUT2D eigenvalue weighted by atomic mass is 35.5. The van der Waals surface area contributed by atoms with E-state index in [0.29, 0.717) is 19.8 Å². The van der Waals surface area contributed by atoms with Crippen LogP contribution in [0.25, 0.3) is 0 Å². The van der Waals surface area contributed by atoms with Gasteiger partial charge in [-0.05, 0) is 32.0 Å². The van der Waals surface area contributed by atoms with Crippen LogP contribution >= 0.6 is 11.6 Å². The molecule has 0 unspecified atom stereocenters. The van der Waals surface area contributed by atoms with Crippen LogP contribution in [0.15, 0.2) is 6.07 Å². The number of likely N-dealkylation sites (tertiary alicyclic amines) is 1. The molecule has 2 aliphatic heterocycles. The number of unbranched alkanes of at least 4 members (excludes halogenated alkanes) is 1. The molecule has 3 N–H and O–H groups in total. The van der Waals surface area contributed by atoms with Gasteiger partial charge in [0.1, 0.15) is 18.8 Å². The first-order chi connectivity index (χ1) is 13.0. The Kier molecular flexibility index (Phi) is 6.68. The lowest BCUT2D eigenvalue weighted by Gasteiger charge is -2.35. The van der Waals surface area contributed by atoms with Gasteiger partial charge in [-0.3, -0.25) is 0 Å². The average molecular weight is 399 g/mol. The van der Waals surface area contributed by atoms with Gasteiger partial charge in [-0.15, -0.1) is 0 Å². The monoisotopic (exact) mass is 398 g/mol. The van der Waals surface area contributed by atoms with Crippen molar-refractivity contribution in [1.29, 1.82) is 0 Å². The van der Waals surface area contributed by atoms with Gasteiger partial charge < -0.3 is 30.0 Å². The molecule has 0 aromatic heterocycles. The summed E-state index contributed by atoms with van der Waals surface area (Å²) < 4.78 is 16.5. The highest BCUT2D eigenvalue weighted by molar-refractivity contribution is 6.34. The lowest BCUT2D eigenvalue weighted by Crippen LogP contribution is -2.45. The van der Waals surface area contributed by atoms with Gasteiger partial charge in [0.15, 0.2) is 11.5 Å². The zero-order valence-electron chi connectivity index (χ0n) is 15.6. The first-order valence-electron chi connectivity index (χ1n) is 9.46. The van der Waals surface area contributed by atoms with E-state index in [1.165, 1.54) is 6.07 Å². The third-order valence-electron chi connectivity index (χ3n) is 5.08. The maximum absolute atomic E-state index is 12.6. The Balaban J connectivity index is 1.61. The van der Waals surface area contributed by atoms with E-state index in [1.807, 2.05) is 0 Å². The zero-order valence-corrected chi connectivity index (χ0v) is 16.3. The minimum atomic E-state index is -0.556. The third kappa shape index (κ3) is 4.59. The van der Waals surface area contributed by atoms with Crippen LogP contribution < -0.4 is 15.2 Å². The van der Waals surface area contributed by atoms with Crippen LogP contribution in [0.2, 0.25) is 5.02 Å². The molecule has 0 radical (unpaired) electrons. The Labute approximate surface area is 164 Å². The number of anilines is 1. The van der Waals surface area contributed by atoms with E-state index in [9.17, 15) is 9.90 Å². The van der Waals surface area contributed by atoms with Crippen molar-refractivity contribution in [2.24, 2.45) is 5.92 Å². The van der Waals surface area contributed by atoms with Gasteiger partial charge in [0.25, 0.3) is 0 Å². The van der Waals surface area contributed by atoms with Crippen LogP contribution in [0.5, 0.6) is 11.5 Å². The molecule has 2 heterocycles. The van der Waals surface area contributed by atoms with Crippen molar-refractivity contribution < 1.29 is 24.1 Å². The van der Waals surface area contributed by atoms with Crippen LogP contribution in [-0.4, -0.2) is 61.5 Å². The molecular weight excluding hydrogens is 372 g/mol. The maximum Gasteiger partial charge on any atom is 0.342 e. The quantitative estimate of drug-likeness (QED) is 0.561. The molecule has 27 heavy (non-hydrogen) atoms. The van der Waals surface area contributed by atoms with Crippen LogP contribution in [0, 0.1) is 5.92 Å². The Morgan fingerprint density at radius 2 is 2.15 bits per heavy atom. The number of fused-ring (bicyclic) bond motifs is 1.